The van der Waals surface area contributed by atoms with Gasteiger partial charge in [0.2, 0.25) is 0 Å². The van der Waals surface area contributed by atoms with Gasteiger partial charge in [-0.25, -0.2) is 0 Å². The number of rotatable bonds is 6. The lowest BCUT2D eigenvalue weighted by molar-refractivity contribution is 0.287. The molecule has 0 amide bonds. The van der Waals surface area contributed by atoms with Gasteiger partial charge in [-0.15, -0.1) is 0 Å². The number of hydrogen-bond donors (Lipinski definition) is 1. The van der Waals surface area contributed by atoms with Gasteiger partial charge in [0.05, 0.1) is 0 Å². The summed E-state index contributed by atoms with van der Waals surface area (Å²) in [5.41, 5.74) is 0.262. The van der Waals surface area contributed by atoms with Gasteiger partial charge in [-0.05, 0) is 79.8 Å². The maximum Gasteiger partial charge on any atom is 0.00966 e. The Morgan fingerprint density at radius 3 is 2.59 bits per heavy atom. The molecule has 0 radical (unpaired) electrons. The van der Waals surface area contributed by atoms with E-state index in [1.807, 2.05) is 0 Å². The third kappa shape index (κ3) is 7.02. The average Bonchev–Trinajstić information content (AvgIpc) is 2.61. The van der Waals surface area contributed by atoms with Crippen LogP contribution in [0, 0.1) is 5.92 Å². The third-order valence-electron chi connectivity index (χ3n) is 3.37. The van der Waals surface area contributed by atoms with Gasteiger partial charge in [-0.1, -0.05) is 0 Å². The van der Waals surface area contributed by atoms with E-state index in [0.717, 1.165) is 5.92 Å². The van der Waals surface area contributed by atoms with Gasteiger partial charge in [0.1, 0.15) is 0 Å². The average molecular weight is 241 g/mol. The monoisotopic (exact) mass is 241 g/mol. The first-order valence-electron chi connectivity index (χ1n) is 6.99. The molecule has 3 heteroatoms. The number of hydrogen-bond acceptors (Lipinski definition) is 3. The fourth-order valence-electron chi connectivity index (χ4n) is 2.34. The van der Waals surface area contributed by atoms with E-state index in [0.29, 0.717) is 0 Å². The van der Waals surface area contributed by atoms with E-state index >= 15 is 0 Å². The number of likely N-dealkylation sites (tertiary alicyclic amines) is 1. The predicted octanol–water partition coefficient (Wildman–Crippen LogP) is 1.65. The fraction of sp³-hybridized carbons (Fsp3) is 1.00. The molecule has 1 heterocycles. The lowest BCUT2D eigenvalue weighted by Crippen LogP contribution is -2.39. The molecule has 1 saturated heterocycles. The second-order valence-electron chi connectivity index (χ2n) is 6.74. The molecule has 1 aliphatic rings. The van der Waals surface area contributed by atoms with Crippen molar-refractivity contribution in [3.05, 3.63) is 0 Å². The largest absolute Gasteiger partial charge is 0.312 e. The normalized spacial score (nSPS) is 22.6. The van der Waals surface area contributed by atoms with Crippen molar-refractivity contribution in [2.75, 3.05) is 46.8 Å². The Morgan fingerprint density at radius 1 is 1.29 bits per heavy atom. The second-order valence-corrected chi connectivity index (χ2v) is 6.74. The molecule has 1 unspecified atom stereocenters. The molecule has 0 bridgehead atoms. The summed E-state index contributed by atoms with van der Waals surface area (Å²) in [6.07, 6.45) is 2.66. The smallest absolute Gasteiger partial charge is 0.00966 e. The second kappa shape index (κ2) is 6.72. The first-order chi connectivity index (χ1) is 7.87. The van der Waals surface area contributed by atoms with Crippen LogP contribution in [0.5, 0.6) is 0 Å². The molecule has 0 aromatic carbocycles. The standard InChI is InChI=1S/C14H31N3/c1-14(2,3)15-11-13-7-10-17(12-13)9-6-8-16(4)5/h13,15H,6-12H2,1-5H3. The van der Waals surface area contributed by atoms with Gasteiger partial charge < -0.3 is 15.1 Å². The maximum absolute atomic E-state index is 3.62. The van der Waals surface area contributed by atoms with Crippen LogP contribution in [0.15, 0.2) is 0 Å². The first kappa shape index (κ1) is 14.9. The highest BCUT2D eigenvalue weighted by atomic mass is 15.2. The van der Waals surface area contributed by atoms with E-state index in [4.69, 9.17) is 0 Å². The number of nitrogens with one attached hydrogen (secondary N) is 1. The molecule has 0 aromatic heterocycles. The molecule has 1 rings (SSSR count). The maximum atomic E-state index is 3.62. The molecular weight excluding hydrogens is 210 g/mol. The van der Waals surface area contributed by atoms with E-state index < -0.39 is 0 Å². The van der Waals surface area contributed by atoms with Crippen molar-refractivity contribution in [1.82, 2.24) is 15.1 Å². The first-order valence-corrected chi connectivity index (χ1v) is 6.99. The Bertz CT molecular complexity index is 208. The fourth-order valence-corrected chi connectivity index (χ4v) is 2.34. The van der Waals surface area contributed by atoms with Crippen molar-refractivity contribution in [2.24, 2.45) is 5.92 Å². The SMILES string of the molecule is CN(C)CCCN1CCC(CNC(C)(C)C)C1. The summed E-state index contributed by atoms with van der Waals surface area (Å²) >= 11 is 0. The van der Waals surface area contributed by atoms with Crippen LogP contribution < -0.4 is 5.32 Å². The Kier molecular flexibility index (Phi) is 5.90. The lowest BCUT2D eigenvalue weighted by atomic mass is 10.1. The van der Waals surface area contributed by atoms with Gasteiger partial charge in [0, 0.05) is 12.1 Å². The Balaban J connectivity index is 2.10. The highest BCUT2D eigenvalue weighted by Gasteiger charge is 2.23. The van der Waals surface area contributed by atoms with Crippen LogP contribution in [0.4, 0.5) is 0 Å². The lowest BCUT2D eigenvalue weighted by Gasteiger charge is -2.23. The van der Waals surface area contributed by atoms with Crippen LogP contribution in [-0.2, 0) is 0 Å². The molecule has 0 aliphatic carbocycles. The summed E-state index contributed by atoms with van der Waals surface area (Å²) in [4.78, 5) is 4.90. The van der Waals surface area contributed by atoms with Crippen LogP contribution in [0.1, 0.15) is 33.6 Å². The van der Waals surface area contributed by atoms with Gasteiger partial charge in [-0.3, -0.25) is 0 Å². The Hall–Kier alpha value is -0.120. The molecule has 1 atom stereocenters. The van der Waals surface area contributed by atoms with Crippen molar-refractivity contribution < 1.29 is 0 Å². The van der Waals surface area contributed by atoms with Crippen molar-refractivity contribution in [2.45, 2.75) is 39.2 Å². The topological polar surface area (TPSA) is 18.5 Å². The summed E-state index contributed by atoms with van der Waals surface area (Å²) in [6.45, 7) is 13.0. The van der Waals surface area contributed by atoms with Crippen LogP contribution >= 0.6 is 0 Å². The Labute approximate surface area is 108 Å². The zero-order valence-corrected chi connectivity index (χ0v) is 12.4. The zero-order chi connectivity index (χ0) is 12.9. The van der Waals surface area contributed by atoms with Gasteiger partial charge in [0.15, 0.2) is 0 Å². The van der Waals surface area contributed by atoms with Crippen molar-refractivity contribution in [3.8, 4) is 0 Å². The van der Waals surface area contributed by atoms with Crippen molar-refractivity contribution in [3.63, 3.8) is 0 Å². The minimum absolute atomic E-state index is 0.262. The van der Waals surface area contributed by atoms with Crippen molar-refractivity contribution in [1.29, 1.82) is 0 Å². The minimum Gasteiger partial charge on any atom is -0.312 e. The van der Waals surface area contributed by atoms with Crippen LogP contribution in [0.2, 0.25) is 0 Å². The molecular formula is C14H31N3. The zero-order valence-electron chi connectivity index (χ0n) is 12.4. The van der Waals surface area contributed by atoms with E-state index in [1.54, 1.807) is 0 Å². The molecule has 3 nitrogen and oxygen atoms in total. The quantitative estimate of drug-likeness (QED) is 0.763. The van der Waals surface area contributed by atoms with Crippen LogP contribution in [0.3, 0.4) is 0 Å². The van der Waals surface area contributed by atoms with Crippen LogP contribution in [-0.4, -0.2) is 62.2 Å². The summed E-state index contributed by atoms with van der Waals surface area (Å²) in [6, 6.07) is 0. The van der Waals surface area contributed by atoms with E-state index in [1.165, 1.54) is 45.6 Å². The molecule has 0 saturated carbocycles. The predicted molar refractivity (Wildman–Crippen MR) is 75.5 cm³/mol. The Morgan fingerprint density at radius 2 is 2.00 bits per heavy atom. The summed E-state index contributed by atoms with van der Waals surface area (Å²) < 4.78 is 0. The van der Waals surface area contributed by atoms with E-state index in [-0.39, 0.29) is 5.54 Å². The molecule has 17 heavy (non-hydrogen) atoms. The molecule has 1 fully saturated rings. The molecule has 102 valence electrons. The molecule has 1 aliphatic heterocycles. The summed E-state index contributed by atoms with van der Waals surface area (Å²) in [5.74, 6) is 0.855. The third-order valence-corrected chi connectivity index (χ3v) is 3.37. The van der Waals surface area contributed by atoms with Gasteiger partial charge in [-0.2, -0.15) is 0 Å². The molecule has 0 spiro atoms. The minimum atomic E-state index is 0.262. The highest BCUT2D eigenvalue weighted by molar-refractivity contribution is 4.80. The summed E-state index contributed by atoms with van der Waals surface area (Å²) in [7, 11) is 4.31. The van der Waals surface area contributed by atoms with E-state index in [9.17, 15) is 0 Å². The van der Waals surface area contributed by atoms with Gasteiger partial charge in [0.25, 0.3) is 0 Å². The van der Waals surface area contributed by atoms with Gasteiger partial charge >= 0.3 is 0 Å². The highest BCUT2D eigenvalue weighted by Crippen LogP contribution is 2.16. The van der Waals surface area contributed by atoms with Crippen LogP contribution in [0.25, 0.3) is 0 Å². The molecule has 1 N–H and O–H groups in total. The number of nitrogens with zero attached hydrogens (tertiary/aromatic N) is 2. The summed E-state index contributed by atoms with van der Waals surface area (Å²) in [5, 5.41) is 3.62. The molecule has 0 aromatic rings. The van der Waals surface area contributed by atoms with Crippen molar-refractivity contribution >= 4 is 0 Å². The van der Waals surface area contributed by atoms with E-state index in [2.05, 4.69) is 50.0 Å².